The molecule has 3 saturated heterocycles. The number of urea groups is 1. The lowest BCUT2D eigenvalue weighted by Crippen LogP contribution is -2.45. The molecule has 0 aliphatic carbocycles. The molecule has 0 atom stereocenters. The van der Waals surface area contributed by atoms with E-state index in [2.05, 4.69) is 19.8 Å². The first-order valence-electron chi connectivity index (χ1n) is 8.82. The quantitative estimate of drug-likeness (QED) is 0.795. The van der Waals surface area contributed by atoms with Gasteiger partial charge in [0.05, 0.1) is 0 Å². The second-order valence-electron chi connectivity index (χ2n) is 7.18. The van der Waals surface area contributed by atoms with Crippen LogP contribution in [0.25, 0.3) is 0 Å². The van der Waals surface area contributed by atoms with Crippen LogP contribution in [0.3, 0.4) is 0 Å². The zero-order valence-electron chi connectivity index (χ0n) is 13.7. The largest absolute Gasteiger partial charge is 0.341 e. The molecule has 0 unspecified atom stereocenters. The van der Waals surface area contributed by atoms with Crippen molar-refractivity contribution in [3.63, 3.8) is 0 Å². The first-order chi connectivity index (χ1) is 11.3. The number of rotatable bonds is 1. The van der Waals surface area contributed by atoms with Crippen molar-refractivity contribution in [2.45, 2.75) is 32.1 Å². The Kier molecular flexibility index (Phi) is 3.83. The van der Waals surface area contributed by atoms with E-state index in [9.17, 15) is 4.79 Å². The van der Waals surface area contributed by atoms with Crippen LogP contribution in [0.15, 0.2) is 18.5 Å². The molecule has 4 rings (SSSR count). The zero-order chi connectivity index (χ0) is 15.7. The Hall–Kier alpha value is -1.85. The van der Waals surface area contributed by atoms with E-state index in [-0.39, 0.29) is 6.03 Å². The highest BCUT2D eigenvalue weighted by atomic mass is 16.2. The molecule has 6 nitrogen and oxygen atoms in total. The molecule has 0 bridgehead atoms. The van der Waals surface area contributed by atoms with Gasteiger partial charge in [-0.2, -0.15) is 0 Å². The summed E-state index contributed by atoms with van der Waals surface area (Å²) in [6.07, 6.45) is 9.35. The fraction of sp³-hybridized carbons (Fsp3) is 0.706. The van der Waals surface area contributed by atoms with Gasteiger partial charge in [-0.05, 0) is 43.6 Å². The molecule has 1 aromatic rings. The van der Waals surface area contributed by atoms with E-state index in [0.717, 1.165) is 77.3 Å². The number of aromatic nitrogens is 2. The van der Waals surface area contributed by atoms with Crippen LogP contribution in [0.4, 0.5) is 10.7 Å². The number of likely N-dealkylation sites (tertiary alicyclic amines) is 2. The average molecular weight is 315 g/mol. The van der Waals surface area contributed by atoms with Gasteiger partial charge in [0.1, 0.15) is 0 Å². The number of carbonyl (C=O) groups excluding carboxylic acids is 1. The van der Waals surface area contributed by atoms with Crippen molar-refractivity contribution in [3.05, 3.63) is 18.5 Å². The average Bonchev–Trinajstić information content (AvgIpc) is 3.26. The van der Waals surface area contributed by atoms with Gasteiger partial charge in [-0.15, -0.1) is 0 Å². The summed E-state index contributed by atoms with van der Waals surface area (Å²) >= 11 is 0. The van der Waals surface area contributed by atoms with E-state index in [1.807, 2.05) is 11.0 Å². The number of hydrogen-bond acceptors (Lipinski definition) is 4. The Labute approximate surface area is 137 Å². The van der Waals surface area contributed by atoms with Gasteiger partial charge in [0.25, 0.3) is 0 Å². The molecule has 1 aromatic heterocycles. The summed E-state index contributed by atoms with van der Waals surface area (Å²) in [5.74, 6) is 0.838. The van der Waals surface area contributed by atoms with Gasteiger partial charge >= 0.3 is 6.03 Å². The third kappa shape index (κ3) is 2.86. The monoisotopic (exact) mass is 315 g/mol. The predicted octanol–water partition coefficient (Wildman–Crippen LogP) is 1.98. The number of anilines is 1. The van der Waals surface area contributed by atoms with Crippen LogP contribution in [0.5, 0.6) is 0 Å². The minimum atomic E-state index is 0.271. The number of nitrogens with zero attached hydrogens (tertiary/aromatic N) is 5. The van der Waals surface area contributed by atoms with Crippen LogP contribution < -0.4 is 4.90 Å². The third-order valence-corrected chi connectivity index (χ3v) is 5.74. The normalized spacial score (nSPS) is 23.7. The molecule has 0 N–H and O–H groups in total. The Morgan fingerprint density at radius 1 is 0.913 bits per heavy atom. The molecule has 124 valence electrons. The minimum absolute atomic E-state index is 0.271. The van der Waals surface area contributed by atoms with Gasteiger partial charge in [-0.25, -0.2) is 14.8 Å². The van der Waals surface area contributed by atoms with E-state index in [1.165, 1.54) is 0 Å². The second-order valence-corrected chi connectivity index (χ2v) is 7.18. The molecule has 3 aliphatic rings. The topological polar surface area (TPSA) is 52.6 Å². The summed E-state index contributed by atoms with van der Waals surface area (Å²) in [6, 6.07) is 2.13. The highest BCUT2D eigenvalue weighted by Crippen LogP contribution is 2.41. The van der Waals surface area contributed by atoms with Gasteiger partial charge in [0.2, 0.25) is 5.95 Å². The second kappa shape index (κ2) is 5.98. The van der Waals surface area contributed by atoms with Crippen molar-refractivity contribution in [2.75, 3.05) is 44.2 Å². The number of amides is 2. The van der Waals surface area contributed by atoms with Crippen LogP contribution in [0.1, 0.15) is 32.1 Å². The number of piperidine rings is 1. The van der Waals surface area contributed by atoms with Crippen molar-refractivity contribution in [1.29, 1.82) is 0 Å². The molecule has 0 saturated carbocycles. The summed E-state index contributed by atoms with van der Waals surface area (Å²) in [6.45, 7) is 5.75. The Morgan fingerprint density at radius 3 is 2.26 bits per heavy atom. The van der Waals surface area contributed by atoms with E-state index in [4.69, 9.17) is 0 Å². The van der Waals surface area contributed by atoms with Crippen molar-refractivity contribution < 1.29 is 4.79 Å². The molecule has 2 amide bonds. The highest BCUT2D eigenvalue weighted by molar-refractivity contribution is 5.75. The maximum atomic E-state index is 12.6. The molecule has 3 fully saturated rings. The molecular formula is C17H25N5O. The molecular weight excluding hydrogens is 290 g/mol. The summed E-state index contributed by atoms with van der Waals surface area (Å²) in [4.78, 5) is 27.7. The first-order valence-corrected chi connectivity index (χ1v) is 8.82. The third-order valence-electron chi connectivity index (χ3n) is 5.74. The molecule has 6 heteroatoms. The summed E-state index contributed by atoms with van der Waals surface area (Å²) in [5.41, 5.74) is 0.320. The van der Waals surface area contributed by atoms with Gasteiger partial charge in [0.15, 0.2) is 0 Å². The smallest absolute Gasteiger partial charge is 0.320 e. The minimum Gasteiger partial charge on any atom is -0.341 e. The maximum Gasteiger partial charge on any atom is 0.320 e. The van der Waals surface area contributed by atoms with Crippen LogP contribution in [0, 0.1) is 5.41 Å². The van der Waals surface area contributed by atoms with Crippen molar-refractivity contribution in [2.24, 2.45) is 5.41 Å². The molecule has 3 aliphatic heterocycles. The first kappa shape index (κ1) is 14.7. The molecule has 1 spiro atoms. The SMILES string of the molecule is O=C(N1CCCC1)N1CCC2(CCN(c3ncccn3)CC2)C1. The van der Waals surface area contributed by atoms with Crippen molar-refractivity contribution in [1.82, 2.24) is 19.8 Å². The van der Waals surface area contributed by atoms with Gasteiger partial charge in [-0.1, -0.05) is 0 Å². The molecule has 0 aromatic carbocycles. The maximum absolute atomic E-state index is 12.6. The summed E-state index contributed by atoms with van der Waals surface area (Å²) in [7, 11) is 0. The van der Waals surface area contributed by atoms with Crippen molar-refractivity contribution >= 4 is 12.0 Å². The zero-order valence-corrected chi connectivity index (χ0v) is 13.7. The lowest BCUT2D eigenvalue weighted by Gasteiger charge is -2.39. The summed E-state index contributed by atoms with van der Waals surface area (Å²) in [5, 5.41) is 0. The Morgan fingerprint density at radius 2 is 1.57 bits per heavy atom. The fourth-order valence-corrected chi connectivity index (χ4v) is 4.25. The van der Waals surface area contributed by atoms with Crippen molar-refractivity contribution in [3.8, 4) is 0 Å². The lowest BCUT2D eigenvalue weighted by atomic mass is 9.78. The van der Waals surface area contributed by atoms with E-state index in [0.29, 0.717) is 5.41 Å². The van der Waals surface area contributed by atoms with E-state index in [1.54, 1.807) is 12.4 Å². The lowest BCUT2D eigenvalue weighted by molar-refractivity contribution is 0.159. The predicted molar refractivity (Wildman–Crippen MR) is 88.3 cm³/mol. The van der Waals surface area contributed by atoms with Crippen LogP contribution in [-0.2, 0) is 0 Å². The number of hydrogen-bond donors (Lipinski definition) is 0. The molecule has 0 radical (unpaired) electrons. The Balaban J connectivity index is 1.35. The van der Waals surface area contributed by atoms with E-state index < -0.39 is 0 Å². The van der Waals surface area contributed by atoms with Crippen LogP contribution >= 0.6 is 0 Å². The number of carbonyl (C=O) groups is 1. The van der Waals surface area contributed by atoms with Gasteiger partial charge in [0, 0.05) is 51.7 Å². The van der Waals surface area contributed by atoms with Gasteiger partial charge in [-0.3, -0.25) is 0 Å². The standard InChI is InChI=1S/C17H25N5O/c23-16(21-9-1-2-10-21)22-13-6-17(14-22)4-11-20(12-5-17)15-18-7-3-8-19-15/h3,7-8H,1-2,4-6,9-14H2. The Bertz CT molecular complexity index is 549. The van der Waals surface area contributed by atoms with Crippen LogP contribution in [0.2, 0.25) is 0 Å². The molecule has 4 heterocycles. The fourth-order valence-electron chi connectivity index (χ4n) is 4.25. The van der Waals surface area contributed by atoms with Gasteiger partial charge < -0.3 is 14.7 Å². The highest BCUT2D eigenvalue weighted by Gasteiger charge is 2.43. The van der Waals surface area contributed by atoms with Crippen LogP contribution in [-0.4, -0.2) is 65.1 Å². The summed E-state index contributed by atoms with van der Waals surface area (Å²) < 4.78 is 0. The van der Waals surface area contributed by atoms with E-state index >= 15 is 0 Å². The molecule has 23 heavy (non-hydrogen) atoms.